The van der Waals surface area contributed by atoms with Crippen LogP contribution in [0.25, 0.3) is 11.1 Å². The van der Waals surface area contributed by atoms with Gasteiger partial charge in [0.25, 0.3) is 0 Å². The monoisotopic (exact) mass is 257 g/mol. The van der Waals surface area contributed by atoms with Gasteiger partial charge < -0.3 is 9.84 Å². The quantitative estimate of drug-likeness (QED) is 0.857. The molecule has 98 valence electrons. The molecule has 1 heterocycles. The maximum absolute atomic E-state index is 11.7. The third-order valence-corrected chi connectivity index (χ3v) is 2.95. The van der Waals surface area contributed by atoms with Gasteiger partial charge in [-0.05, 0) is 29.7 Å². The van der Waals surface area contributed by atoms with E-state index < -0.39 is 5.97 Å². The topological polar surface area (TPSA) is 59.4 Å². The second-order valence-electron chi connectivity index (χ2n) is 4.15. The first-order valence-electron chi connectivity index (χ1n) is 5.92. The average Bonchev–Trinajstić information content (AvgIpc) is 2.47. The van der Waals surface area contributed by atoms with Crippen LogP contribution in [0.4, 0.5) is 0 Å². The number of pyridine rings is 1. The summed E-state index contributed by atoms with van der Waals surface area (Å²) in [6, 6.07) is 11.5. The molecule has 0 saturated heterocycles. The van der Waals surface area contributed by atoms with E-state index in [1.807, 2.05) is 37.3 Å². The molecule has 2 rings (SSSR count). The van der Waals surface area contributed by atoms with Gasteiger partial charge in [0.2, 0.25) is 0 Å². The fourth-order valence-corrected chi connectivity index (χ4v) is 1.96. The molecule has 1 aromatic heterocycles. The van der Waals surface area contributed by atoms with Crippen molar-refractivity contribution >= 4 is 5.97 Å². The highest BCUT2D eigenvalue weighted by atomic mass is 16.5. The SMILES string of the molecule is COC(=O)c1nc(CO)cc(-c2ccccc2)c1C. The number of hydrogen-bond donors (Lipinski definition) is 1. The van der Waals surface area contributed by atoms with Gasteiger partial charge in [-0.1, -0.05) is 30.3 Å². The average molecular weight is 257 g/mol. The highest BCUT2D eigenvalue weighted by Crippen LogP contribution is 2.26. The lowest BCUT2D eigenvalue weighted by Crippen LogP contribution is -2.10. The highest BCUT2D eigenvalue weighted by molar-refractivity contribution is 5.91. The second-order valence-corrected chi connectivity index (χ2v) is 4.15. The number of hydrogen-bond acceptors (Lipinski definition) is 4. The summed E-state index contributed by atoms with van der Waals surface area (Å²) in [4.78, 5) is 15.8. The molecule has 1 aromatic carbocycles. The summed E-state index contributed by atoms with van der Waals surface area (Å²) in [7, 11) is 1.32. The number of methoxy groups -OCH3 is 1. The third kappa shape index (κ3) is 2.63. The molecule has 0 aliphatic rings. The van der Waals surface area contributed by atoms with Crippen LogP contribution in [0, 0.1) is 6.92 Å². The Bertz CT molecular complexity index is 594. The van der Waals surface area contributed by atoms with E-state index in [0.29, 0.717) is 5.69 Å². The van der Waals surface area contributed by atoms with E-state index in [1.54, 1.807) is 6.07 Å². The summed E-state index contributed by atoms with van der Waals surface area (Å²) >= 11 is 0. The van der Waals surface area contributed by atoms with Crippen molar-refractivity contribution in [3.8, 4) is 11.1 Å². The molecule has 0 aliphatic heterocycles. The van der Waals surface area contributed by atoms with Crippen molar-refractivity contribution in [2.45, 2.75) is 13.5 Å². The van der Waals surface area contributed by atoms with Crippen LogP contribution in [0.3, 0.4) is 0 Å². The molecule has 2 aromatic rings. The van der Waals surface area contributed by atoms with Crippen molar-refractivity contribution < 1.29 is 14.6 Å². The third-order valence-electron chi connectivity index (χ3n) is 2.95. The zero-order chi connectivity index (χ0) is 13.8. The van der Waals surface area contributed by atoms with Crippen LogP contribution in [-0.4, -0.2) is 23.2 Å². The number of carbonyl (C=O) groups excluding carboxylic acids is 1. The van der Waals surface area contributed by atoms with Crippen LogP contribution < -0.4 is 0 Å². The molecule has 0 bridgehead atoms. The molecule has 0 fully saturated rings. The molecule has 0 unspecified atom stereocenters. The summed E-state index contributed by atoms with van der Waals surface area (Å²) in [5, 5.41) is 9.26. The van der Waals surface area contributed by atoms with Gasteiger partial charge in [0.15, 0.2) is 5.69 Å². The summed E-state index contributed by atoms with van der Waals surface area (Å²) in [6.45, 7) is 1.60. The molecule has 1 N–H and O–H groups in total. The number of benzene rings is 1. The van der Waals surface area contributed by atoms with Gasteiger partial charge in [-0.3, -0.25) is 0 Å². The molecule has 19 heavy (non-hydrogen) atoms. The molecular formula is C15H15NO3. The minimum absolute atomic E-state index is 0.218. The lowest BCUT2D eigenvalue weighted by molar-refractivity contribution is 0.0592. The Morgan fingerprint density at radius 1 is 1.32 bits per heavy atom. The Labute approximate surface area is 111 Å². The molecular weight excluding hydrogens is 242 g/mol. The molecule has 0 saturated carbocycles. The van der Waals surface area contributed by atoms with Crippen LogP contribution in [0.1, 0.15) is 21.7 Å². The number of ether oxygens (including phenoxy) is 1. The maximum Gasteiger partial charge on any atom is 0.356 e. The molecule has 0 atom stereocenters. The Kier molecular flexibility index (Phi) is 3.92. The zero-order valence-electron chi connectivity index (χ0n) is 10.9. The number of aliphatic hydroxyl groups excluding tert-OH is 1. The Hall–Kier alpha value is -2.20. The lowest BCUT2D eigenvalue weighted by Gasteiger charge is -2.11. The molecule has 0 spiro atoms. The van der Waals surface area contributed by atoms with Gasteiger partial charge in [0.05, 0.1) is 19.4 Å². The van der Waals surface area contributed by atoms with Crippen LogP contribution >= 0.6 is 0 Å². The van der Waals surface area contributed by atoms with E-state index in [2.05, 4.69) is 4.98 Å². The second kappa shape index (κ2) is 5.63. The Balaban J connectivity index is 2.64. The van der Waals surface area contributed by atoms with Gasteiger partial charge >= 0.3 is 5.97 Å². The minimum Gasteiger partial charge on any atom is -0.464 e. The van der Waals surface area contributed by atoms with E-state index in [4.69, 9.17) is 4.74 Å². The normalized spacial score (nSPS) is 10.3. The molecule has 0 amide bonds. The van der Waals surface area contributed by atoms with E-state index in [9.17, 15) is 9.90 Å². The smallest absolute Gasteiger partial charge is 0.356 e. The van der Waals surface area contributed by atoms with Crippen molar-refractivity contribution in [2.75, 3.05) is 7.11 Å². The van der Waals surface area contributed by atoms with Crippen molar-refractivity contribution in [1.29, 1.82) is 0 Å². The van der Waals surface area contributed by atoms with E-state index in [1.165, 1.54) is 7.11 Å². The molecule has 0 aliphatic carbocycles. The van der Waals surface area contributed by atoms with Crippen molar-refractivity contribution in [3.05, 3.63) is 53.3 Å². The molecule has 4 nitrogen and oxygen atoms in total. The summed E-state index contributed by atoms with van der Waals surface area (Å²) in [5.41, 5.74) is 3.29. The van der Waals surface area contributed by atoms with Gasteiger partial charge in [-0.25, -0.2) is 9.78 Å². The van der Waals surface area contributed by atoms with Gasteiger partial charge in [0.1, 0.15) is 0 Å². The van der Waals surface area contributed by atoms with Crippen LogP contribution in [-0.2, 0) is 11.3 Å². The summed E-state index contributed by atoms with van der Waals surface area (Å²) in [6.07, 6.45) is 0. The largest absolute Gasteiger partial charge is 0.464 e. The fraction of sp³-hybridized carbons (Fsp3) is 0.200. The molecule has 0 radical (unpaired) electrons. The highest BCUT2D eigenvalue weighted by Gasteiger charge is 2.16. The van der Waals surface area contributed by atoms with E-state index in [0.717, 1.165) is 16.7 Å². The number of aliphatic hydroxyl groups is 1. The van der Waals surface area contributed by atoms with E-state index >= 15 is 0 Å². The van der Waals surface area contributed by atoms with Crippen LogP contribution in [0.5, 0.6) is 0 Å². The maximum atomic E-state index is 11.7. The fourth-order valence-electron chi connectivity index (χ4n) is 1.96. The first kappa shape index (κ1) is 13.2. The molecule has 4 heteroatoms. The number of aromatic nitrogens is 1. The first-order valence-corrected chi connectivity index (χ1v) is 5.92. The standard InChI is InChI=1S/C15H15NO3/c1-10-13(11-6-4-3-5-7-11)8-12(9-17)16-14(10)15(18)19-2/h3-8,17H,9H2,1-2H3. The number of nitrogens with zero attached hydrogens (tertiary/aromatic N) is 1. The van der Waals surface area contributed by atoms with Gasteiger partial charge in [0, 0.05) is 0 Å². The number of carbonyl (C=O) groups is 1. The first-order chi connectivity index (χ1) is 9.17. The summed E-state index contributed by atoms with van der Waals surface area (Å²) < 4.78 is 4.72. The Morgan fingerprint density at radius 3 is 2.58 bits per heavy atom. The van der Waals surface area contributed by atoms with Gasteiger partial charge in [-0.15, -0.1) is 0 Å². The number of esters is 1. The van der Waals surface area contributed by atoms with Crippen molar-refractivity contribution in [2.24, 2.45) is 0 Å². The predicted molar refractivity (Wildman–Crippen MR) is 71.7 cm³/mol. The summed E-state index contributed by atoms with van der Waals surface area (Å²) in [5.74, 6) is -0.495. The van der Waals surface area contributed by atoms with Crippen molar-refractivity contribution in [1.82, 2.24) is 4.98 Å². The minimum atomic E-state index is -0.495. The predicted octanol–water partition coefficient (Wildman–Crippen LogP) is 2.34. The number of rotatable bonds is 3. The van der Waals surface area contributed by atoms with Crippen molar-refractivity contribution in [3.63, 3.8) is 0 Å². The Morgan fingerprint density at radius 2 is 2.00 bits per heavy atom. The van der Waals surface area contributed by atoms with E-state index in [-0.39, 0.29) is 12.3 Å². The lowest BCUT2D eigenvalue weighted by atomic mass is 9.99. The zero-order valence-corrected chi connectivity index (χ0v) is 10.9. The van der Waals surface area contributed by atoms with Crippen LogP contribution in [0.2, 0.25) is 0 Å². The van der Waals surface area contributed by atoms with Gasteiger partial charge in [-0.2, -0.15) is 0 Å². The van der Waals surface area contributed by atoms with Crippen LogP contribution in [0.15, 0.2) is 36.4 Å².